The van der Waals surface area contributed by atoms with Gasteiger partial charge in [0.25, 0.3) is 0 Å². The van der Waals surface area contributed by atoms with Crippen molar-refractivity contribution in [3.63, 3.8) is 0 Å². The van der Waals surface area contributed by atoms with Gasteiger partial charge in [-0.25, -0.2) is 0 Å². The summed E-state index contributed by atoms with van der Waals surface area (Å²) in [6.45, 7) is 11.2. The molecule has 4 heteroatoms. The van der Waals surface area contributed by atoms with Crippen LogP contribution in [0.2, 0.25) is 0 Å². The number of methoxy groups -OCH3 is 1. The standard InChI is InChI=1S/C24H27N3O/c1-5-9-24(3,27-14-18-7-6-17(13-25)12-19(18)15-27)22-20-8-10-26-23(20)16(2)11-21(22)28-4/h5-7,11-12,26H,1,8-10,14-15H2,2-4H3. The van der Waals surface area contributed by atoms with Crippen LogP contribution in [0.25, 0.3) is 0 Å². The summed E-state index contributed by atoms with van der Waals surface area (Å²) >= 11 is 0. The van der Waals surface area contributed by atoms with Crippen LogP contribution in [-0.2, 0) is 25.0 Å². The highest BCUT2D eigenvalue weighted by atomic mass is 16.5. The van der Waals surface area contributed by atoms with Gasteiger partial charge in [0, 0.05) is 30.9 Å². The van der Waals surface area contributed by atoms with Crippen LogP contribution in [0.1, 0.15) is 46.7 Å². The lowest BCUT2D eigenvalue weighted by Gasteiger charge is -2.41. The number of hydrogen-bond donors (Lipinski definition) is 1. The van der Waals surface area contributed by atoms with Crippen molar-refractivity contribution in [2.45, 2.75) is 45.3 Å². The van der Waals surface area contributed by atoms with E-state index in [9.17, 15) is 5.26 Å². The van der Waals surface area contributed by atoms with Gasteiger partial charge in [-0.1, -0.05) is 12.1 Å². The molecule has 28 heavy (non-hydrogen) atoms. The fourth-order valence-corrected chi connectivity index (χ4v) is 4.90. The molecule has 2 heterocycles. The minimum Gasteiger partial charge on any atom is -0.496 e. The van der Waals surface area contributed by atoms with Gasteiger partial charge in [0.1, 0.15) is 5.75 Å². The smallest absolute Gasteiger partial charge is 0.124 e. The first-order valence-electron chi connectivity index (χ1n) is 9.84. The molecule has 2 aliphatic heterocycles. The number of hydrogen-bond acceptors (Lipinski definition) is 4. The van der Waals surface area contributed by atoms with E-state index >= 15 is 0 Å². The van der Waals surface area contributed by atoms with Crippen LogP contribution in [0.5, 0.6) is 5.75 Å². The zero-order valence-electron chi connectivity index (χ0n) is 16.9. The summed E-state index contributed by atoms with van der Waals surface area (Å²) in [5.41, 5.74) is 8.17. The quantitative estimate of drug-likeness (QED) is 0.775. The molecule has 0 aliphatic carbocycles. The van der Waals surface area contributed by atoms with Crippen molar-refractivity contribution in [3.05, 3.63) is 70.3 Å². The number of nitrogens with one attached hydrogen (secondary N) is 1. The van der Waals surface area contributed by atoms with E-state index < -0.39 is 0 Å². The highest BCUT2D eigenvalue weighted by Gasteiger charge is 2.41. The molecule has 0 fully saturated rings. The zero-order valence-corrected chi connectivity index (χ0v) is 16.9. The number of fused-ring (bicyclic) bond motifs is 2. The maximum Gasteiger partial charge on any atom is 0.124 e. The minimum atomic E-state index is -0.233. The van der Waals surface area contributed by atoms with E-state index in [1.54, 1.807) is 7.11 Å². The minimum absolute atomic E-state index is 0.233. The summed E-state index contributed by atoms with van der Waals surface area (Å²) in [5, 5.41) is 12.8. The van der Waals surface area contributed by atoms with Crippen LogP contribution in [0, 0.1) is 18.3 Å². The summed E-state index contributed by atoms with van der Waals surface area (Å²) in [4.78, 5) is 2.51. The molecule has 0 amide bonds. The Labute approximate surface area is 167 Å². The maximum absolute atomic E-state index is 9.26. The normalized spacial score (nSPS) is 17.2. The molecule has 0 aromatic heterocycles. The summed E-state index contributed by atoms with van der Waals surface area (Å²) in [6, 6.07) is 10.5. The lowest BCUT2D eigenvalue weighted by molar-refractivity contribution is 0.0980. The van der Waals surface area contributed by atoms with Crippen molar-refractivity contribution < 1.29 is 4.74 Å². The molecular formula is C24H27N3O. The molecule has 0 spiro atoms. The second kappa shape index (κ2) is 7.00. The SMILES string of the molecule is C=CCC(C)(c1c(OC)cc(C)c2c1CCN2)N1Cc2ccc(C#N)cc2C1. The van der Waals surface area contributed by atoms with Crippen molar-refractivity contribution in [2.24, 2.45) is 0 Å². The number of aryl methyl sites for hydroxylation is 1. The van der Waals surface area contributed by atoms with Gasteiger partial charge in [-0.3, -0.25) is 4.90 Å². The fourth-order valence-electron chi connectivity index (χ4n) is 4.90. The molecule has 4 rings (SSSR count). The first-order chi connectivity index (χ1) is 13.5. The Kier molecular flexibility index (Phi) is 4.64. The van der Waals surface area contributed by atoms with Crippen LogP contribution < -0.4 is 10.1 Å². The predicted molar refractivity (Wildman–Crippen MR) is 112 cm³/mol. The molecule has 144 valence electrons. The van der Waals surface area contributed by atoms with Crippen LogP contribution >= 0.6 is 0 Å². The average molecular weight is 374 g/mol. The van der Waals surface area contributed by atoms with Gasteiger partial charge in [-0.15, -0.1) is 6.58 Å². The third kappa shape index (κ3) is 2.78. The van der Waals surface area contributed by atoms with Crippen LogP contribution in [0.15, 0.2) is 36.9 Å². The van der Waals surface area contributed by atoms with Gasteiger partial charge in [0.15, 0.2) is 0 Å². The van der Waals surface area contributed by atoms with E-state index in [0.717, 1.165) is 43.8 Å². The summed E-state index contributed by atoms with van der Waals surface area (Å²) in [6.07, 6.45) is 3.85. The molecule has 4 nitrogen and oxygen atoms in total. The molecule has 0 bridgehead atoms. The molecule has 2 aliphatic rings. The Hall–Kier alpha value is -2.77. The topological polar surface area (TPSA) is 48.3 Å². The van der Waals surface area contributed by atoms with Crippen molar-refractivity contribution in [1.82, 2.24) is 4.90 Å². The second-order valence-corrected chi connectivity index (χ2v) is 8.02. The first kappa shape index (κ1) is 18.6. The highest BCUT2D eigenvalue weighted by Crippen LogP contribution is 2.48. The molecule has 0 saturated heterocycles. The summed E-state index contributed by atoms with van der Waals surface area (Å²) in [7, 11) is 1.76. The Bertz CT molecular complexity index is 988. The lowest BCUT2D eigenvalue weighted by Crippen LogP contribution is -2.41. The largest absolute Gasteiger partial charge is 0.496 e. The van der Waals surface area contributed by atoms with E-state index in [1.165, 1.54) is 33.5 Å². The van der Waals surface area contributed by atoms with Gasteiger partial charge in [-0.05, 0) is 67.1 Å². The van der Waals surface area contributed by atoms with E-state index in [2.05, 4.69) is 48.8 Å². The average Bonchev–Trinajstić information content (AvgIpc) is 3.34. The molecule has 1 unspecified atom stereocenters. The number of nitriles is 1. The monoisotopic (exact) mass is 373 g/mol. The highest BCUT2D eigenvalue weighted by molar-refractivity contribution is 5.68. The van der Waals surface area contributed by atoms with E-state index in [-0.39, 0.29) is 5.54 Å². The third-order valence-corrected chi connectivity index (χ3v) is 6.32. The predicted octanol–water partition coefficient (Wildman–Crippen LogP) is 4.65. The molecule has 2 aromatic rings. The zero-order chi connectivity index (χ0) is 19.9. The van der Waals surface area contributed by atoms with Crippen LogP contribution in [-0.4, -0.2) is 18.6 Å². The first-order valence-corrected chi connectivity index (χ1v) is 9.84. The second-order valence-electron chi connectivity index (χ2n) is 8.02. The van der Waals surface area contributed by atoms with Gasteiger partial charge in [-0.2, -0.15) is 5.26 Å². The number of anilines is 1. The fraction of sp³-hybridized carbons (Fsp3) is 0.375. The summed E-state index contributed by atoms with van der Waals surface area (Å²) in [5.74, 6) is 0.956. The van der Waals surface area contributed by atoms with E-state index in [4.69, 9.17) is 4.74 Å². The third-order valence-electron chi connectivity index (χ3n) is 6.32. The molecule has 1 N–H and O–H groups in total. The van der Waals surface area contributed by atoms with E-state index in [1.807, 2.05) is 18.2 Å². The van der Waals surface area contributed by atoms with Crippen LogP contribution in [0.4, 0.5) is 5.69 Å². The summed E-state index contributed by atoms with van der Waals surface area (Å²) < 4.78 is 5.89. The molecule has 0 radical (unpaired) electrons. The number of ether oxygens (including phenoxy) is 1. The Morgan fingerprint density at radius 1 is 1.32 bits per heavy atom. The van der Waals surface area contributed by atoms with Gasteiger partial charge in [0.05, 0.1) is 24.3 Å². The maximum atomic E-state index is 9.26. The lowest BCUT2D eigenvalue weighted by atomic mass is 9.81. The van der Waals surface area contributed by atoms with Crippen LogP contribution in [0.3, 0.4) is 0 Å². The van der Waals surface area contributed by atoms with Crippen molar-refractivity contribution in [2.75, 3.05) is 19.0 Å². The van der Waals surface area contributed by atoms with Gasteiger partial charge < -0.3 is 10.1 Å². The van der Waals surface area contributed by atoms with Crippen molar-refractivity contribution >= 4 is 5.69 Å². The van der Waals surface area contributed by atoms with Gasteiger partial charge >= 0.3 is 0 Å². The molecule has 2 aromatic carbocycles. The van der Waals surface area contributed by atoms with E-state index in [0.29, 0.717) is 0 Å². The van der Waals surface area contributed by atoms with Crippen molar-refractivity contribution in [1.29, 1.82) is 5.26 Å². The number of rotatable bonds is 5. The molecule has 1 atom stereocenters. The van der Waals surface area contributed by atoms with Gasteiger partial charge in [0.2, 0.25) is 0 Å². The van der Waals surface area contributed by atoms with Crippen molar-refractivity contribution in [3.8, 4) is 11.8 Å². The Morgan fingerprint density at radius 2 is 2.11 bits per heavy atom. The molecule has 0 saturated carbocycles. The Morgan fingerprint density at radius 3 is 2.82 bits per heavy atom. The Balaban J connectivity index is 1.83. The molecular weight excluding hydrogens is 346 g/mol. The number of nitrogens with zero attached hydrogens (tertiary/aromatic N) is 2. The number of benzene rings is 2.